The van der Waals surface area contributed by atoms with Crippen LogP contribution in [0.3, 0.4) is 0 Å². The Hall–Kier alpha value is -2.08. The second-order valence-corrected chi connectivity index (χ2v) is 6.47. The molecule has 0 aliphatic carbocycles. The number of carbonyl (C=O) groups is 2. The number of unbranched alkanes of at least 4 members (excludes halogenated alkanes) is 3. The van der Waals surface area contributed by atoms with Crippen molar-refractivity contribution in [2.24, 2.45) is 0 Å². The van der Waals surface area contributed by atoms with E-state index in [4.69, 9.17) is 9.47 Å². The van der Waals surface area contributed by atoms with Crippen LogP contribution in [0, 0.1) is 0 Å². The van der Waals surface area contributed by atoms with Gasteiger partial charge in [0.1, 0.15) is 5.75 Å². The van der Waals surface area contributed by atoms with E-state index in [0.29, 0.717) is 18.7 Å². The minimum atomic E-state index is -1.10. The van der Waals surface area contributed by atoms with E-state index in [1.165, 1.54) is 12.8 Å². The highest BCUT2D eigenvalue weighted by Gasteiger charge is 2.60. The quantitative estimate of drug-likeness (QED) is 0.473. The van der Waals surface area contributed by atoms with Crippen molar-refractivity contribution in [3.8, 4) is 5.75 Å². The molecule has 25 heavy (non-hydrogen) atoms. The second-order valence-electron chi connectivity index (χ2n) is 6.47. The van der Waals surface area contributed by atoms with Gasteiger partial charge in [-0.05, 0) is 31.0 Å². The van der Waals surface area contributed by atoms with E-state index < -0.39 is 11.6 Å². The van der Waals surface area contributed by atoms with Crippen molar-refractivity contribution in [1.82, 2.24) is 5.32 Å². The molecule has 6 nitrogen and oxygen atoms in total. The number of rotatable bonds is 11. The van der Waals surface area contributed by atoms with Gasteiger partial charge in [0.05, 0.1) is 6.10 Å². The molecule has 0 spiro atoms. The molecule has 138 valence electrons. The van der Waals surface area contributed by atoms with Crippen LogP contribution in [-0.2, 0) is 20.7 Å². The number of benzene rings is 1. The van der Waals surface area contributed by atoms with Crippen LogP contribution >= 0.6 is 0 Å². The summed E-state index contributed by atoms with van der Waals surface area (Å²) in [6, 6.07) is 7.09. The van der Waals surface area contributed by atoms with Crippen LogP contribution in [-0.4, -0.2) is 41.8 Å². The Labute approximate surface area is 148 Å². The Morgan fingerprint density at radius 2 is 1.92 bits per heavy atom. The summed E-state index contributed by atoms with van der Waals surface area (Å²) in [4.78, 5) is 23.0. The molecule has 1 fully saturated rings. The molecule has 2 unspecified atom stereocenters. The van der Waals surface area contributed by atoms with Crippen LogP contribution in [0.25, 0.3) is 0 Å². The minimum Gasteiger partial charge on any atom is -0.484 e. The Morgan fingerprint density at radius 3 is 2.48 bits per heavy atom. The molecular weight excluding hydrogens is 322 g/mol. The fourth-order valence-electron chi connectivity index (χ4n) is 2.75. The number of amides is 1. The van der Waals surface area contributed by atoms with Gasteiger partial charge in [0.25, 0.3) is 5.91 Å². The largest absolute Gasteiger partial charge is 0.484 e. The van der Waals surface area contributed by atoms with E-state index in [1.54, 1.807) is 31.2 Å². The summed E-state index contributed by atoms with van der Waals surface area (Å²) in [5.74, 6) is -0.486. The molecule has 1 aliphatic rings. The number of nitrogens with one attached hydrogen (secondary N) is 1. The maximum Gasteiger partial charge on any atom is 0.339 e. The Bertz CT molecular complexity index is 586. The molecule has 2 atom stereocenters. The Morgan fingerprint density at radius 1 is 1.24 bits per heavy atom. The molecule has 2 rings (SSSR count). The van der Waals surface area contributed by atoms with Crippen LogP contribution < -0.4 is 10.1 Å². The molecular formula is C19H27NO5. The van der Waals surface area contributed by atoms with Gasteiger partial charge in [0.15, 0.2) is 12.2 Å². The smallest absolute Gasteiger partial charge is 0.339 e. The predicted octanol–water partition coefficient (Wildman–Crippen LogP) is 2.55. The third-order valence-corrected chi connectivity index (χ3v) is 4.46. The fourth-order valence-corrected chi connectivity index (χ4v) is 2.75. The van der Waals surface area contributed by atoms with E-state index in [9.17, 15) is 14.7 Å². The third-order valence-electron chi connectivity index (χ3n) is 4.46. The predicted molar refractivity (Wildman–Crippen MR) is 93.7 cm³/mol. The summed E-state index contributed by atoms with van der Waals surface area (Å²) < 4.78 is 10.7. The number of aliphatic carboxylic acids is 1. The molecule has 1 amide bonds. The fraction of sp³-hybridized carbons (Fsp3) is 0.579. The van der Waals surface area contributed by atoms with Gasteiger partial charge in [-0.1, -0.05) is 38.3 Å². The van der Waals surface area contributed by atoms with E-state index in [0.717, 1.165) is 18.4 Å². The molecule has 2 N–H and O–H groups in total. The van der Waals surface area contributed by atoms with Crippen molar-refractivity contribution >= 4 is 11.9 Å². The molecule has 0 bridgehead atoms. The molecule has 1 aromatic rings. The minimum absolute atomic E-state index is 0.0215. The van der Waals surface area contributed by atoms with E-state index in [2.05, 4.69) is 12.2 Å². The number of carboxylic acids is 1. The molecule has 0 aromatic heterocycles. The number of hydrogen-bond acceptors (Lipinski definition) is 4. The average Bonchev–Trinajstić information content (AvgIpc) is 3.25. The van der Waals surface area contributed by atoms with Crippen LogP contribution in [0.1, 0.15) is 45.1 Å². The number of hydrogen-bond donors (Lipinski definition) is 2. The van der Waals surface area contributed by atoms with Crippen LogP contribution in [0.15, 0.2) is 24.3 Å². The highest BCUT2D eigenvalue weighted by Crippen LogP contribution is 2.39. The topological polar surface area (TPSA) is 88.2 Å². The van der Waals surface area contributed by atoms with Gasteiger partial charge >= 0.3 is 5.97 Å². The van der Waals surface area contributed by atoms with Gasteiger partial charge in [-0.3, -0.25) is 4.79 Å². The molecule has 6 heteroatoms. The van der Waals surface area contributed by atoms with Crippen molar-refractivity contribution in [3.05, 3.63) is 29.8 Å². The Kier molecular flexibility index (Phi) is 6.82. The molecule has 1 saturated heterocycles. The maximum absolute atomic E-state index is 11.7. The normalized spacial score (nSPS) is 21.6. The van der Waals surface area contributed by atoms with Crippen LogP contribution in [0.5, 0.6) is 5.75 Å². The summed E-state index contributed by atoms with van der Waals surface area (Å²) in [6.07, 6.45) is 4.51. The van der Waals surface area contributed by atoms with Gasteiger partial charge in [-0.2, -0.15) is 0 Å². The first-order chi connectivity index (χ1) is 12.0. The van der Waals surface area contributed by atoms with Crippen molar-refractivity contribution in [2.75, 3.05) is 13.2 Å². The van der Waals surface area contributed by atoms with Gasteiger partial charge in [-0.15, -0.1) is 0 Å². The highest BCUT2D eigenvalue weighted by atomic mass is 16.6. The zero-order chi connectivity index (χ0) is 18.3. The number of carbonyl (C=O) groups excluding carboxylic acids is 1. The number of epoxide rings is 1. The third kappa shape index (κ3) is 5.46. The van der Waals surface area contributed by atoms with E-state index >= 15 is 0 Å². The van der Waals surface area contributed by atoms with Crippen LogP contribution in [0.2, 0.25) is 0 Å². The number of ether oxygens (including phenoxy) is 2. The molecule has 0 saturated carbocycles. The van der Waals surface area contributed by atoms with Crippen molar-refractivity contribution in [3.63, 3.8) is 0 Å². The standard InChI is InChI=1S/C19H27NO5/c1-3-4-5-6-11-20-17(21)13-24-16-9-7-15(8-10-16)12-19(18(22)23)14(2)25-19/h7-10,14H,3-6,11-13H2,1-2H3,(H,20,21)(H,22,23). The summed E-state index contributed by atoms with van der Waals surface area (Å²) in [7, 11) is 0. The summed E-state index contributed by atoms with van der Waals surface area (Å²) in [6.45, 7) is 4.56. The van der Waals surface area contributed by atoms with Crippen LogP contribution in [0.4, 0.5) is 0 Å². The zero-order valence-corrected chi connectivity index (χ0v) is 14.9. The first-order valence-corrected chi connectivity index (χ1v) is 8.87. The van der Waals surface area contributed by atoms with Gasteiger partial charge in [-0.25, -0.2) is 4.79 Å². The first-order valence-electron chi connectivity index (χ1n) is 8.87. The van der Waals surface area contributed by atoms with E-state index in [-0.39, 0.29) is 18.6 Å². The zero-order valence-electron chi connectivity index (χ0n) is 14.9. The second kappa shape index (κ2) is 8.85. The molecule has 1 heterocycles. The maximum atomic E-state index is 11.7. The Balaban J connectivity index is 1.72. The van der Waals surface area contributed by atoms with E-state index in [1.807, 2.05) is 0 Å². The monoisotopic (exact) mass is 349 g/mol. The summed E-state index contributed by atoms with van der Waals surface area (Å²) in [5, 5.41) is 12.1. The highest BCUT2D eigenvalue weighted by molar-refractivity contribution is 5.82. The van der Waals surface area contributed by atoms with Gasteiger partial charge in [0, 0.05) is 13.0 Å². The van der Waals surface area contributed by atoms with Crippen molar-refractivity contribution < 1.29 is 24.2 Å². The number of carboxylic acid groups (broad SMARTS) is 1. The molecule has 0 radical (unpaired) electrons. The van der Waals surface area contributed by atoms with Crippen molar-refractivity contribution in [2.45, 2.75) is 57.7 Å². The average molecular weight is 349 g/mol. The SMILES string of the molecule is CCCCCCNC(=O)COc1ccc(CC2(C(=O)O)OC2C)cc1. The lowest BCUT2D eigenvalue weighted by Crippen LogP contribution is -2.29. The summed E-state index contributed by atoms with van der Waals surface area (Å²) >= 11 is 0. The first kappa shape index (κ1) is 19.2. The van der Waals surface area contributed by atoms with Gasteiger partial charge < -0.3 is 19.9 Å². The summed E-state index contributed by atoms with van der Waals surface area (Å²) in [5.41, 5.74) is -0.237. The van der Waals surface area contributed by atoms with Crippen molar-refractivity contribution in [1.29, 1.82) is 0 Å². The molecule has 1 aromatic carbocycles. The van der Waals surface area contributed by atoms with Gasteiger partial charge in [0.2, 0.25) is 0 Å². The lowest BCUT2D eigenvalue weighted by molar-refractivity contribution is -0.143. The lowest BCUT2D eigenvalue weighted by atomic mass is 9.96. The molecule has 1 aliphatic heterocycles. The lowest BCUT2D eigenvalue weighted by Gasteiger charge is -2.10.